The fourth-order valence-electron chi connectivity index (χ4n) is 5.22. The summed E-state index contributed by atoms with van der Waals surface area (Å²) in [6.07, 6.45) is 3.38. The first kappa shape index (κ1) is 25.5. The molecule has 5 N–H and O–H groups in total. The molecule has 2 amide bonds. The molecule has 2 aliphatic rings. The van der Waals surface area contributed by atoms with Gasteiger partial charge < -0.3 is 25.4 Å². The smallest absolute Gasteiger partial charge is 0.303 e. The Balaban J connectivity index is 1.45. The Labute approximate surface area is 207 Å². The Hall–Kier alpha value is -3.61. The molecule has 4 rings (SSSR count). The van der Waals surface area contributed by atoms with Crippen LogP contribution in [0.1, 0.15) is 79.3 Å². The Kier molecular flexibility index (Phi) is 8.08. The number of rotatable bonds is 11. The molecule has 3 heterocycles. The van der Waals surface area contributed by atoms with E-state index in [1.165, 1.54) is 4.90 Å². The lowest BCUT2D eigenvalue weighted by atomic mass is 9.83. The summed E-state index contributed by atoms with van der Waals surface area (Å²) in [4.78, 5) is 53.9. The van der Waals surface area contributed by atoms with E-state index >= 15 is 0 Å². The topological polar surface area (TPSA) is 194 Å². The molecule has 2 aromatic rings. The molecule has 0 bridgehead atoms. The molecule has 2 aromatic heterocycles. The van der Waals surface area contributed by atoms with Gasteiger partial charge in [-0.05, 0) is 30.9 Å². The highest BCUT2D eigenvalue weighted by Gasteiger charge is 2.40. The number of Topliss-reactive ketones (excluding diaryl/α,β-unsaturated/α-hetero) is 1. The number of H-pyrrole nitrogens is 2. The molecule has 36 heavy (non-hydrogen) atoms. The second kappa shape index (κ2) is 11.4. The largest absolute Gasteiger partial charge is 0.481 e. The predicted octanol–water partition coefficient (Wildman–Crippen LogP) is 0.517. The molecule has 3 atom stereocenters. The van der Waals surface area contributed by atoms with Gasteiger partial charge in [-0.1, -0.05) is 18.1 Å². The summed E-state index contributed by atoms with van der Waals surface area (Å²) in [7, 11) is 0. The fraction of sp³-hybridized carbons (Fsp3) is 0.609. The number of amides is 2. The SMILES string of the molecule is O=C(O)CCC(=O)C[C@@H](c1ccc(C(=O)N2C[C@H](O)C[C@H]2C(=O)NCc2nn[nH]n2)[nH]1)C1CCCC1. The number of aromatic amines is 2. The average molecular weight is 502 g/mol. The highest BCUT2D eigenvalue weighted by Crippen LogP contribution is 2.39. The van der Waals surface area contributed by atoms with Crippen molar-refractivity contribution in [2.75, 3.05) is 6.54 Å². The quantitative estimate of drug-likeness (QED) is 0.292. The lowest BCUT2D eigenvalue weighted by Crippen LogP contribution is -2.46. The van der Waals surface area contributed by atoms with Crippen LogP contribution in [0.25, 0.3) is 0 Å². The van der Waals surface area contributed by atoms with Crippen molar-refractivity contribution in [3.05, 3.63) is 29.3 Å². The van der Waals surface area contributed by atoms with Crippen molar-refractivity contribution in [2.24, 2.45) is 5.92 Å². The molecule has 0 unspecified atom stereocenters. The number of carbonyl (C=O) groups is 4. The second-order valence-corrected chi connectivity index (χ2v) is 9.52. The zero-order valence-electron chi connectivity index (χ0n) is 19.9. The molecule has 0 spiro atoms. The van der Waals surface area contributed by atoms with Gasteiger partial charge in [0.2, 0.25) is 5.91 Å². The molecule has 1 aliphatic carbocycles. The maximum Gasteiger partial charge on any atom is 0.303 e. The minimum absolute atomic E-state index is 0.0165. The van der Waals surface area contributed by atoms with Gasteiger partial charge in [0.25, 0.3) is 5.91 Å². The van der Waals surface area contributed by atoms with E-state index in [4.69, 9.17) is 5.11 Å². The molecule has 1 saturated carbocycles. The number of aliphatic carboxylic acids is 1. The van der Waals surface area contributed by atoms with Gasteiger partial charge in [-0.3, -0.25) is 19.2 Å². The normalized spacial score (nSPS) is 21.0. The molecule has 194 valence electrons. The maximum atomic E-state index is 13.3. The van der Waals surface area contributed by atoms with Crippen LogP contribution >= 0.6 is 0 Å². The molecular weight excluding hydrogens is 470 g/mol. The Morgan fingerprint density at radius 3 is 2.64 bits per heavy atom. The van der Waals surface area contributed by atoms with E-state index in [9.17, 15) is 24.3 Å². The van der Waals surface area contributed by atoms with Gasteiger partial charge in [-0.25, -0.2) is 0 Å². The van der Waals surface area contributed by atoms with Crippen LogP contribution in [0.2, 0.25) is 0 Å². The lowest BCUT2D eigenvalue weighted by Gasteiger charge is -2.24. The first-order valence-corrected chi connectivity index (χ1v) is 12.2. The van der Waals surface area contributed by atoms with E-state index in [1.54, 1.807) is 12.1 Å². The molecule has 1 saturated heterocycles. The number of aliphatic hydroxyl groups is 1. The van der Waals surface area contributed by atoms with Gasteiger partial charge in [0, 0.05) is 37.4 Å². The van der Waals surface area contributed by atoms with Gasteiger partial charge in [0.05, 0.1) is 19.1 Å². The molecule has 0 radical (unpaired) electrons. The maximum absolute atomic E-state index is 13.3. The monoisotopic (exact) mass is 501 g/mol. The van der Waals surface area contributed by atoms with E-state index in [1.807, 2.05) is 0 Å². The minimum atomic E-state index is -1.00. The Bertz CT molecular complexity index is 1080. The van der Waals surface area contributed by atoms with Gasteiger partial charge >= 0.3 is 5.97 Å². The standard InChI is InChI=1S/C23H31N7O6/c31-14(5-8-21(33)34)9-16(13-3-1-2-4-13)17-6-7-18(25-17)23(36)30-12-15(32)10-19(30)22(35)24-11-20-26-28-29-27-20/h6-7,13,15-16,19,25,32H,1-5,8-12H2,(H,24,35)(H,33,34)(H,26,27,28,29)/t15-,16-,19+/m1/s1. The van der Waals surface area contributed by atoms with Crippen LogP contribution in [0.15, 0.2) is 12.1 Å². The van der Waals surface area contributed by atoms with Crippen molar-refractivity contribution in [2.45, 2.75) is 76.0 Å². The van der Waals surface area contributed by atoms with E-state index < -0.39 is 29.9 Å². The number of carbonyl (C=O) groups excluding carboxylic acids is 3. The van der Waals surface area contributed by atoms with E-state index in [-0.39, 0.29) is 62.1 Å². The number of aliphatic hydroxyl groups excluding tert-OH is 1. The van der Waals surface area contributed by atoms with Crippen molar-refractivity contribution in [3.63, 3.8) is 0 Å². The number of carboxylic acid groups (broad SMARTS) is 1. The summed E-state index contributed by atoms with van der Waals surface area (Å²) in [5.41, 5.74) is 1.03. The van der Waals surface area contributed by atoms with Crippen LogP contribution in [0.4, 0.5) is 0 Å². The Morgan fingerprint density at radius 2 is 1.94 bits per heavy atom. The zero-order valence-corrected chi connectivity index (χ0v) is 19.9. The molecule has 2 fully saturated rings. The third-order valence-corrected chi connectivity index (χ3v) is 7.03. The second-order valence-electron chi connectivity index (χ2n) is 9.52. The van der Waals surface area contributed by atoms with Crippen molar-refractivity contribution in [1.82, 2.24) is 35.8 Å². The zero-order chi connectivity index (χ0) is 25.7. The first-order valence-electron chi connectivity index (χ1n) is 12.2. The van der Waals surface area contributed by atoms with E-state index in [0.29, 0.717) is 5.82 Å². The third kappa shape index (κ3) is 6.14. The number of likely N-dealkylation sites (tertiary alicyclic amines) is 1. The Morgan fingerprint density at radius 1 is 1.17 bits per heavy atom. The highest BCUT2D eigenvalue weighted by atomic mass is 16.4. The number of ketones is 1. The molecule has 13 nitrogen and oxygen atoms in total. The summed E-state index contributed by atoms with van der Waals surface area (Å²) >= 11 is 0. The molecule has 0 aromatic carbocycles. The van der Waals surface area contributed by atoms with Crippen molar-refractivity contribution in [1.29, 1.82) is 0 Å². The highest BCUT2D eigenvalue weighted by molar-refractivity contribution is 5.97. The minimum Gasteiger partial charge on any atom is -0.481 e. The van der Waals surface area contributed by atoms with Crippen LogP contribution in [-0.2, 0) is 20.9 Å². The average Bonchev–Trinajstić information content (AvgIpc) is 3.66. The number of hydrogen-bond acceptors (Lipinski definition) is 8. The molecule has 1 aliphatic heterocycles. The van der Waals surface area contributed by atoms with Crippen LogP contribution < -0.4 is 5.32 Å². The summed E-state index contributed by atoms with van der Waals surface area (Å²) < 4.78 is 0. The fourth-order valence-corrected chi connectivity index (χ4v) is 5.22. The number of nitrogens with zero attached hydrogens (tertiary/aromatic N) is 4. The van der Waals surface area contributed by atoms with Crippen LogP contribution in [0, 0.1) is 5.92 Å². The summed E-state index contributed by atoms with van der Waals surface area (Å²) in [6.45, 7) is 0.0583. The third-order valence-electron chi connectivity index (χ3n) is 7.03. The number of β-amino-alcohol motifs (C(OH)–C–C–N with tert-alkyl or cyclic N) is 1. The predicted molar refractivity (Wildman–Crippen MR) is 123 cm³/mol. The molecular formula is C23H31N7O6. The van der Waals surface area contributed by atoms with E-state index in [2.05, 4.69) is 30.9 Å². The van der Waals surface area contributed by atoms with Gasteiger partial charge in [0.1, 0.15) is 17.5 Å². The van der Waals surface area contributed by atoms with Crippen LogP contribution in [0.5, 0.6) is 0 Å². The number of hydrogen-bond donors (Lipinski definition) is 5. The summed E-state index contributed by atoms with van der Waals surface area (Å²) in [5, 5.41) is 35.0. The van der Waals surface area contributed by atoms with Crippen molar-refractivity contribution in [3.8, 4) is 0 Å². The summed E-state index contributed by atoms with van der Waals surface area (Å²) in [5.74, 6) is -1.52. The van der Waals surface area contributed by atoms with Gasteiger partial charge in [-0.15, -0.1) is 10.2 Å². The number of aromatic nitrogens is 5. The number of carboxylic acids is 1. The number of tetrazole rings is 1. The van der Waals surface area contributed by atoms with Crippen molar-refractivity contribution >= 4 is 23.6 Å². The van der Waals surface area contributed by atoms with Gasteiger partial charge in [0.15, 0.2) is 5.82 Å². The van der Waals surface area contributed by atoms with Crippen molar-refractivity contribution < 1.29 is 29.4 Å². The lowest BCUT2D eigenvalue weighted by molar-refractivity contribution is -0.138. The molecule has 13 heteroatoms. The van der Waals surface area contributed by atoms with E-state index in [0.717, 1.165) is 31.4 Å². The number of nitrogens with one attached hydrogen (secondary N) is 3. The first-order chi connectivity index (χ1) is 17.3. The van der Waals surface area contributed by atoms with Crippen LogP contribution in [-0.4, -0.2) is 83.0 Å². The van der Waals surface area contributed by atoms with Gasteiger partial charge in [-0.2, -0.15) is 5.21 Å². The summed E-state index contributed by atoms with van der Waals surface area (Å²) in [6, 6.07) is 2.58. The van der Waals surface area contributed by atoms with Crippen LogP contribution in [0.3, 0.4) is 0 Å².